The van der Waals surface area contributed by atoms with Crippen molar-refractivity contribution in [3.8, 4) is 11.5 Å². The standard InChI is InChI=1S/C26H22N2O6S2/c1-17-11-13-22(14-12-17)36(32,33)25-26(34-24(28-25)19-7-4-3-5-8-19)35(31)16-23(30)27-21-10-6-9-20(15-21)18(2)29/h3-15H,16H2,1-2H3,(H,27,30). The molecule has 0 saturated heterocycles. The van der Waals surface area contributed by atoms with Gasteiger partial charge >= 0.3 is 0 Å². The number of aromatic nitrogens is 1. The van der Waals surface area contributed by atoms with Gasteiger partial charge < -0.3 is 9.73 Å². The van der Waals surface area contributed by atoms with Gasteiger partial charge in [-0.05, 0) is 50.2 Å². The van der Waals surface area contributed by atoms with Gasteiger partial charge in [0.1, 0.15) is 16.6 Å². The second kappa shape index (κ2) is 10.4. The molecule has 0 aliphatic rings. The number of nitrogens with one attached hydrogen (secondary N) is 1. The Hall–Kier alpha value is -3.89. The summed E-state index contributed by atoms with van der Waals surface area (Å²) in [5.41, 5.74) is 2.11. The zero-order valence-corrected chi connectivity index (χ0v) is 21.1. The Morgan fingerprint density at radius 2 is 1.67 bits per heavy atom. The molecule has 8 nitrogen and oxygen atoms in total. The lowest BCUT2D eigenvalue weighted by molar-refractivity contribution is -0.113. The number of aryl methyl sites for hydroxylation is 1. The fourth-order valence-corrected chi connectivity index (χ4v) is 5.98. The number of Topliss-reactive ketones (excluding diaryl/α,β-unsaturated/α-hetero) is 1. The fraction of sp³-hybridized carbons (Fsp3) is 0.115. The molecule has 1 atom stereocenters. The van der Waals surface area contributed by atoms with Crippen molar-refractivity contribution in [1.29, 1.82) is 0 Å². The molecule has 0 bridgehead atoms. The molecule has 0 saturated carbocycles. The molecule has 4 rings (SSSR count). The number of benzene rings is 3. The van der Waals surface area contributed by atoms with E-state index in [1.54, 1.807) is 60.7 Å². The van der Waals surface area contributed by atoms with Crippen LogP contribution in [0.25, 0.3) is 11.5 Å². The van der Waals surface area contributed by atoms with Gasteiger partial charge in [0.05, 0.1) is 4.90 Å². The Bertz CT molecular complexity index is 1560. The summed E-state index contributed by atoms with van der Waals surface area (Å²) >= 11 is 0. The van der Waals surface area contributed by atoms with Crippen molar-refractivity contribution in [3.05, 3.63) is 90.0 Å². The first-order chi connectivity index (χ1) is 17.1. The van der Waals surface area contributed by atoms with E-state index in [1.165, 1.54) is 25.1 Å². The highest BCUT2D eigenvalue weighted by molar-refractivity contribution is 7.92. The Labute approximate surface area is 210 Å². The van der Waals surface area contributed by atoms with Crippen molar-refractivity contribution in [2.45, 2.75) is 28.9 Å². The summed E-state index contributed by atoms with van der Waals surface area (Å²) in [6, 6.07) is 21.0. The number of amides is 1. The Balaban J connectivity index is 1.67. The minimum absolute atomic E-state index is 0.0285. The molecule has 1 heterocycles. The van der Waals surface area contributed by atoms with Crippen LogP contribution >= 0.6 is 0 Å². The van der Waals surface area contributed by atoms with Crippen LogP contribution in [0.4, 0.5) is 5.69 Å². The number of anilines is 1. The molecule has 0 fully saturated rings. The summed E-state index contributed by atoms with van der Waals surface area (Å²) in [7, 11) is -6.37. The minimum Gasteiger partial charge on any atom is -0.426 e. The zero-order chi connectivity index (χ0) is 25.9. The molecule has 184 valence electrons. The van der Waals surface area contributed by atoms with Crippen molar-refractivity contribution in [1.82, 2.24) is 4.98 Å². The number of sulfone groups is 1. The average molecular weight is 523 g/mol. The first kappa shape index (κ1) is 25.2. The van der Waals surface area contributed by atoms with E-state index < -0.39 is 42.4 Å². The second-order valence-electron chi connectivity index (χ2n) is 7.97. The van der Waals surface area contributed by atoms with Crippen LogP contribution in [0, 0.1) is 6.92 Å². The number of oxazole rings is 1. The van der Waals surface area contributed by atoms with E-state index in [0.717, 1.165) is 5.56 Å². The van der Waals surface area contributed by atoms with Crippen LogP contribution in [0.1, 0.15) is 22.8 Å². The van der Waals surface area contributed by atoms with Crippen LogP contribution < -0.4 is 5.32 Å². The Morgan fingerprint density at radius 3 is 2.33 bits per heavy atom. The number of hydrogen-bond donors (Lipinski definition) is 1. The van der Waals surface area contributed by atoms with Gasteiger partial charge in [0.2, 0.25) is 31.8 Å². The van der Waals surface area contributed by atoms with Gasteiger partial charge in [-0.25, -0.2) is 8.42 Å². The molecule has 0 radical (unpaired) electrons. The third-order valence-electron chi connectivity index (χ3n) is 5.20. The van der Waals surface area contributed by atoms with Crippen LogP contribution in [0.5, 0.6) is 0 Å². The highest BCUT2D eigenvalue weighted by Crippen LogP contribution is 2.31. The van der Waals surface area contributed by atoms with E-state index in [-0.39, 0.29) is 16.6 Å². The van der Waals surface area contributed by atoms with Crippen LogP contribution in [0.3, 0.4) is 0 Å². The summed E-state index contributed by atoms with van der Waals surface area (Å²) in [5, 5.41) is 1.66. The highest BCUT2D eigenvalue weighted by atomic mass is 32.2. The topological polar surface area (TPSA) is 123 Å². The molecular formula is C26H22N2O6S2. The van der Waals surface area contributed by atoms with Crippen molar-refractivity contribution in [3.63, 3.8) is 0 Å². The van der Waals surface area contributed by atoms with Gasteiger partial charge in [-0.15, -0.1) is 0 Å². The number of rotatable bonds is 8. The summed E-state index contributed by atoms with van der Waals surface area (Å²) in [6.45, 7) is 3.23. The zero-order valence-electron chi connectivity index (χ0n) is 19.4. The predicted molar refractivity (Wildman–Crippen MR) is 135 cm³/mol. The number of hydrogen-bond acceptors (Lipinski definition) is 7. The van der Waals surface area contributed by atoms with Crippen LogP contribution in [0.15, 0.2) is 98.3 Å². The molecule has 10 heteroatoms. The average Bonchev–Trinajstić information content (AvgIpc) is 3.32. The fourth-order valence-electron chi connectivity index (χ4n) is 3.34. The molecule has 0 spiro atoms. The maximum absolute atomic E-state index is 13.4. The van der Waals surface area contributed by atoms with Crippen LogP contribution in [-0.4, -0.2) is 35.1 Å². The third kappa shape index (κ3) is 5.50. The van der Waals surface area contributed by atoms with Crippen molar-refractivity contribution in [2.24, 2.45) is 0 Å². The van der Waals surface area contributed by atoms with Gasteiger partial charge in [-0.2, -0.15) is 4.98 Å². The number of carbonyl (C=O) groups excluding carboxylic acids is 2. The van der Waals surface area contributed by atoms with Crippen molar-refractivity contribution >= 4 is 38.0 Å². The van der Waals surface area contributed by atoms with E-state index in [2.05, 4.69) is 10.3 Å². The molecule has 36 heavy (non-hydrogen) atoms. The van der Waals surface area contributed by atoms with E-state index in [0.29, 0.717) is 16.8 Å². The molecule has 4 aromatic rings. The summed E-state index contributed by atoms with van der Waals surface area (Å²) in [5.74, 6) is -1.43. The predicted octanol–water partition coefficient (Wildman–Crippen LogP) is 4.43. The number of ketones is 1. The maximum Gasteiger partial charge on any atom is 0.237 e. The molecule has 0 aliphatic carbocycles. The normalized spacial score (nSPS) is 12.2. The van der Waals surface area contributed by atoms with Crippen LogP contribution in [-0.2, 0) is 25.4 Å². The largest absolute Gasteiger partial charge is 0.426 e. The molecule has 1 amide bonds. The summed E-state index contributed by atoms with van der Waals surface area (Å²) in [4.78, 5) is 28.4. The van der Waals surface area contributed by atoms with Crippen molar-refractivity contribution in [2.75, 3.05) is 11.1 Å². The Morgan fingerprint density at radius 1 is 0.972 bits per heavy atom. The number of carbonyl (C=O) groups is 2. The second-order valence-corrected chi connectivity index (χ2v) is 11.2. The lowest BCUT2D eigenvalue weighted by Gasteiger charge is -2.07. The molecule has 1 aromatic heterocycles. The summed E-state index contributed by atoms with van der Waals surface area (Å²) < 4.78 is 45.7. The van der Waals surface area contributed by atoms with E-state index in [4.69, 9.17) is 4.42 Å². The van der Waals surface area contributed by atoms with Crippen molar-refractivity contribution < 1.29 is 26.6 Å². The smallest absolute Gasteiger partial charge is 0.237 e. The van der Waals surface area contributed by atoms with Gasteiger partial charge in [0, 0.05) is 16.8 Å². The van der Waals surface area contributed by atoms with Crippen LogP contribution in [0.2, 0.25) is 0 Å². The SMILES string of the molecule is CC(=O)c1cccc(NC(=O)CS(=O)c2oc(-c3ccccc3)nc2S(=O)(=O)c2ccc(C)cc2)c1. The quantitative estimate of drug-likeness (QED) is 0.340. The molecule has 0 aliphatic heterocycles. The number of nitrogens with zero attached hydrogens (tertiary/aromatic N) is 1. The third-order valence-corrected chi connectivity index (χ3v) is 8.22. The van der Waals surface area contributed by atoms with E-state index >= 15 is 0 Å². The van der Waals surface area contributed by atoms with Gasteiger partial charge in [0.25, 0.3) is 0 Å². The first-order valence-corrected chi connectivity index (χ1v) is 13.6. The Kier molecular flexibility index (Phi) is 7.27. The first-order valence-electron chi connectivity index (χ1n) is 10.8. The molecule has 1 unspecified atom stereocenters. The lowest BCUT2D eigenvalue weighted by atomic mass is 10.1. The molecular weight excluding hydrogens is 500 g/mol. The van der Waals surface area contributed by atoms with E-state index in [1.807, 2.05) is 6.92 Å². The van der Waals surface area contributed by atoms with Gasteiger partial charge in [-0.3, -0.25) is 13.8 Å². The maximum atomic E-state index is 13.4. The molecule has 3 aromatic carbocycles. The monoisotopic (exact) mass is 522 g/mol. The lowest BCUT2D eigenvalue weighted by Crippen LogP contribution is -2.20. The minimum atomic E-state index is -4.20. The molecule has 1 N–H and O–H groups in total. The highest BCUT2D eigenvalue weighted by Gasteiger charge is 2.32. The van der Waals surface area contributed by atoms with E-state index in [9.17, 15) is 22.2 Å². The van der Waals surface area contributed by atoms with Gasteiger partial charge in [-0.1, -0.05) is 48.0 Å². The van der Waals surface area contributed by atoms with Gasteiger partial charge in [0.15, 0.2) is 5.78 Å². The summed E-state index contributed by atoms with van der Waals surface area (Å²) in [6.07, 6.45) is 0.